The van der Waals surface area contributed by atoms with Gasteiger partial charge in [-0.05, 0) is 12.1 Å². The van der Waals surface area contributed by atoms with Crippen LogP contribution in [0.15, 0.2) is 12.1 Å². The number of halogens is 3. The minimum atomic E-state index is -4.03. The van der Waals surface area contributed by atoms with Gasteiger partial charge >= 0.3 is 0 Å². The van der Waals surface area contributed by atoms with E-state index in [0.29, 0.717) is 6.07 Å². The molecule has 94 valence electrons. The van der Waals surface area contributed by atoms with Crippen molar-refractivity contribution in [2.75, 3.05) is 10.5 Å². The third kappa shape index (κ3) is 3.56. The van der Waals surface area contributed by atoms with Crippen LogP contribution in [0.5, 0.6) is 0 Å². The Hall–Kier alpha value is -1.35. The van der Waals surface area contributed by atoms with Crippen LogP contribution in [0.4, 0.5) is 18.9 Å². The van der Waals surface area contributed by atoms with Crippen LogP contribution in [0.25, 0.3) is 0 Å². The molecule has 17 heavy (non-hydrogen) atoms. The minimum Gasteiger partial charge on any atom is -0.392 e. The number of rotatable bonds is 4. The highest BCUT2D eigenvalue weighted by atomic mass is 32.2. The largest absolute Gasteiger partial charge is 0.392 e. The van der Waals surface area contributed by atoms with Crippen LogP contribution in [-0.4, -0.2) is 19.2 Å². The Kier molecular flexibility index (Phi) is 3.94. The fraction of sp³-hybridized carbons (Fsp3) is 0.125. The molecular formula is C8H7F3N2O2S2. The Morgan fingerprint density at radius 1 is 1.29 bits per heavy atom. The van der Waals surface area contributed by atoms with E-state index in [0.717, 1.165) is 6.07 Å². The van der Waals surface area contributed by atoms with Crippen molar-refractivity contribution in [2.45, 2.75) is 0 Å². The van der Waals surface area contributed by atoms with Gasteiger partial charge in [0.05, 0.1) is 10.7 Å². The zero-order valence-corrected chi connectivity index (χ0v) is 9.84. The lowest BCUT2D eigenvalue weighted by molar-refractivity contribution is 0.449. The van der Waals surface area contributed by atoms with Crippen molar-refractivity contribution in [3.63, 3.8) is 0 Å². The van der Waals surface area contributed by atoms with Crippen LogP contribution >= 0.6 is 12.2 Å². The summed E-state index contributed by atoms with van der Waals surface area (Å²) in [7, 11) is -4.03. The lowest BCUT2D eigenvalue weighted by atomic mass is 10.3. The molecule has 1 aromatic carbocycles. The van der Waals surface area contributed by atoms with Crippen LogP contribution in [-0.2, 0) is 10.0 Å². The van der Waals surface area contributed by atoms with Gasteiger partial charge in [0.1, 0.15) is 5.75 Å². The smallest absolute Gasteiger partial charge is 0.239 e. The average molecular weight is 284 g/mol. The topological polar surface area (TPSA) is 72.2 Å². The molecule has 0 saturated carbocycles. The van der Waals surface area contributed by atoms with Crippen molar-refractivity contribution < 1.29 is 21.6 Å². The first-order valence-electron chi connectivity index (χ1n) is 4.15. The quantitative estimate of drug-likeness (QED) is 0.642. The summed E-state index contributed by atoms with van der Waals surface area (Å²) in [5.74, 6) is -5.53. The number of nitrogens with one attached hydrogen (secondary N) is 1. The standard InChI is InChI=1S/C8H7F3N2O2S2/c9-4-1-2-5(8(11)7(4)10)13-17(14,15)3-6(12)16/h1-2,13H,3H2,(H2,12,16). The van der Waals surface area contributed by atoms with Crippen molar-refractivity contribution in [1.29, 1.82) is 0 Å². The molecule has 3 N–H and O–H groups in total. The maximum Gasteiger partial charge on any atom is 0.239 e. The number of thiocarbonyl (C=S) groups is 1. The van der Waals surface area contributed by atoms with E-state index in [-0.39, 0.29) is 4.99 Å². The zero-order chi connectivity index (χ0) is 13.2. The minimum absolute atomic E-state index is 0.333. The van der Waals surface area contributed by atoms with Gasteiger partial charge in [-0.1, -0.05) is 12.2 Å². The molecule has 0 saturated heterocycles. The van der Waals surface area contributed by atoms with Crippen molar-refractivity contribution in [2.24, 2.45) is 5.73 Å². The molecule has 0 amide bonds. The molecule has 0 bridgehead atoms. The third-order valence-corrected chi connectivity index (χ3v) is 3.18. The lowest BCUT2D eigenvalue weighted by Gasteiger charge is -2.08. The van der Waals surface area contributed by atoms with Crippen LogP contribution in [0.3, 0.4) is 0 Å². The van der Waals surface area contributed by atoms with Crippen LogP contribution in [0, 0.1) is 17.5 Å². The predicted octanol–water partition coefficient (Wildman–Crippen LogP) is 1.13. The average Bonchev–Trinajstić information content (AvgIpc) is 2.17. The van der Waals surface area contributed by atoms with Gasteiger partial charge in [-0.2, -0.15) is 0 Å². The molecule has 0 aliphatic rings. The number of benzene rings is 1. The van der Waals surface area contributed by atoms with Crippen LogP contribution in [0.1, 0.15) is 0 Å². The molecule has 0 heterocycles. The Morgan fingerprint density at radius 3 is 2.41 bits per heavy atom. The van der Waals surface area contributed by atoms with E-state index in [1.54, 1.807) is 4.72 Å². The third-order valence-electron chi connectivity index (χ3n) is 1.63. The fourth-order valence-electron chi connectivity index (χ4n) is 0.996. The Morgan fingerprint density at radius 2 is 1.88 bits per heavy atom. The molecule has 4 nitrogen and oxygen atoms in total. The van der Waals surface area contributed by atoms with Crippen molar-refractivity contribution in [3.05, 3.63) is 29.6 Å². The summed E-state index contributed by atoms with van der Waals surface area (Å²) in [4.78, 5) is -0.333. The van der Waals surface area contributed by atoms with Crippen molar-refractivity contribution in [3.8, 4) is 0 Å². The van der Waals surface area contributed by atoms with Crippen LogP contribution < -0.4 is 10.5 Å². The summed E-state index contributed by atoms with van der Waals surface area (Å²) in [5.41, 5.74) is 4.30. The van der Waals surface area contributed by atoms with E-state index < -0.39 is 38.9 Å². The van der Waals surface area contributed by atoms with Gasteiger partial charge in [0.15, 0.2) is 17.5 Å². The van der Waals surface area contributed by atoms with Crippen LogP contribution in [0.2, 0.25) is 0 Å². The molecule has 9 heteroatoms. The maximum absolute atomic E-state index is 13.1. The summed E-state index contributed by atoms with van der Waals surface area (Å²) in [6.45, 7) is 0. The second-order valence-corrected chi connectivity index (χ2v) is 5.30. The molecule has 0 aromatic heterocycles. The number of hydrogen-bond donors (Lipinski definition) is 2. The zero-order valence-electron chi connectivity index (χ0n) is 8.21. The first kappa shape index (κ1) is 13.7. The van der Waals surface area contributed by atoms with Crippen molar-refractivity contribution >= 4 is 32.9 Å². The molecular weight excluding hydrogens is 277 g/mol. The first-order chi connectivity index (χ1) is 7.73. The summed E-state index contributed by atoms with van der Waals surface area (Å²) in [5, 5.41) is 0. The van der Waals surface area contributed by atoms with E-state index in [2.05, 4.69) is 12.2 Å². The number of hydrogen-bond acceptors (Lipinski definition) is 3. The number of anilines is 1. The molecule has 0 fully saturated rings. The van der Waals surface area contributed by atoms with Gasteiger partial charge in [0.25, 0.3) is 0 Å². The van der Waals surface area contributed by atoms with Gasteiger partial charge in [-0.25, -0.2) is 21.6 Å². The van der Waals surface area contributed by atoms with Gasteiger partial charge in [-0.15, -0.1) is 0 Å². The molecule has 1 aromatic rings. The van der Waals surface area contributed by atoms with E-state index >= 15 is 0 Å². The highest BCUT2D eigenvalue weighted by Gasteiger charge is 2.18. The van der Waals surface area contributed by atoms with Crippen molar-refractivity contribution in [1.82, 2.24) is 0 Å². The predicted molar refractivity (Wildman–Crippen MR) is 60.5 cm³/mol. The summed E-state index contributed by atoms with van der Waals surface area (Å²) >= 11 is 4.37. The fourth-order valence-corrected chi connectivity index (χ4v) is 2.40. The van der Waals surface area contributed by atoms with E-state index in [9.17, 15) is 21.6 Å². The lowest BCUT2D eigenvalue weighted by Crippen LogP contribution is -2.26. The highest BCUT2D eigenvalue weighted by molar-refractivity contribution is 7.95. The number of sulfonamides is 1. The molecule has 0 spiro atoms. The van der Waals surface area contributed by atoms with Gasteiger partial charge in [-0.3, -0.25) is 4.72 Å². The molecule has 0 aliphatic carbocycles. The first-order valence-corrected chi connectivity index (χ1v) is 6.21. The van der Waals surface area contributed by atoms with E-state index in [1.165, 1.54) is 0 Å². The molecule has 1 rings (SSSR count). The maximum atomic E-state index is 13.1. The summed E-state index contributed by atoms with van der Waals surface area (Å²) in [6.07, 6.45) is 0. The van der Waals surface area contributed by atoms with Gasteiger partial charge in [0, 0.05) is 0 Å². The highest BCUT2D eigenvalue weighted by Crippen LogP contribution is 2.20. The monoisotopic (exact) mass is 284 g/mol. The molecule has 0 aliphatic heterocycles. The van der Waals surface area contributed by atoms with E-state index in [1.807, 2.05) is 0 Å². The Labute approximate surface area is 101 Å². The molecule has 0 unspecified atom stereocenters. The number of nitrogens with two attached hydrogens (primary N) is 1. The summed E-state index contributed by atoms with van der Waals surface area (Å²) in [6, 6.07) is 1.35. The van der Waals surface area contributed by atoms with Gasteiger partial charge in [0.2, 0.25) is 10.0 Å². The van der Waals surface area contributed by atoms with E-state index in [4.69, 9.17) is 5.73 Å². The second kappa shape index (κ2) is 4.88. The second-order valence-electron chi connectivity index (χ2n) is 3.05. The molecule has 0 radical (unpaired) electrons. The van der Waals surface area contributed by atoms with Gasteiger partial charge < -0.3 is 5.73 Å². The Balaban J connectivity index is 3.05. The Bertz CT molecular complexity index is 560. The normalized spacial score (nSPS) is 11.2. The SMILES string of the molecule is NC(=S)CS(=O)(=O)Nc1ccc(F)c(F)c1F. The summed E-state index contributed by atoms with van der Waals surface area (Å²) < 4.78 is 62.8. The molecule has 0 atom stereocenters.